The monoisotopic (exact) mass is 460 g/mol. The van der Waals surface area contributed by atoms with Gasteiger partial charge in [-0.2, -0.15) is 0 Å². The molecule has 4 rings (SSSR count). The number of rotatable bonds is 7. The van der Waals surface area contributed by atoms with Gasteiger partial charge in [0.1, 0.15) is 5.82 Å². The van der Waals surface area contributed by atoms with Crippen molar-refractivity contribution in [3.05, 3.63) is 101 Å². The van der Waals surface area contributed by atoms with Crippen LogP contribution in [0.2, 0.25) is 0 Å². The Kier molecular flexibility index (Phi) is 7.72. The second kappa shape index (κ2) is 10.9. The largest absolute Gasteiger partial charge is 0.206 e. The predicted molar refractivity (Wildman–Crippen MR) is 136 cm³/mol. The Balaban J connectivity index is 1.53. The second-order valence-corrected chi connectivity index (χ2v) is 9.24. The first-order valence-corrected chi connectivity index (χ1v) is 12.2. The molecule has 3 aromatic carbocycles. The molecule has 0 spiro atoms. The van der Waals surface area contributed by atoms with Crippen molar-refractivity contribution < 1.29 is 13.2 Å². The summed E-state index contributed by atoms with van der Waals surface area (Å²) in [6, 6.07) is 15.6. The van der Waals surface area contributed by atoms with E-state index in [9.17, 15) is 13.2 Å². The summed E-state index contributed by atoms with van der Waals surface area (Å²) in [6.45, 7) is 4.18. The van der Waals surface area contributed by atoms with Gasteiger partial charge in [-0.05, 0) is 85.3 Å². The fourth-order valence-electron chi connectivity index (χ4n) is 4.59. The maximum absolute atomic E-state index is 15.0. The number of unbranched alkanes of at least 4 members (excludes halogenated alkanes) is 1. The van der Waals surface area contributed by atoms with Gasteiger partial charge in [0.2, 0.25) is 0 Å². The molecule has 0 aromatic heterocycles. The van der Waals surface area contributed by atoms with Gasteiger partial charge >= 0.3 is 0 Å². The lowest BCUT2D eigenvalue weighted by atomic mass is 9.87. The van der Waals surface area contributed by atoms with Gasteiger partial charge in [-0.1, -0.05) is 73.7 Å². The lowest BCUT2D eigenvalue weighted by Crippen LogP contribution is -2.01. The SMILES string of the molecule is C/C=C\CCCc1ccc(-c2ccc(-c3ccc(C4=CCC(C)CC4)cc3F)cc2)c(F)c1F. The molecule has 0 nitrogen and oxygen atoms in total. The van der Waals surface area contributed by atoms with Gasteiger partial charge in [-0.15, -0.1) is 0 Å². The summed E-state index contributed by atoms with van der Waals surface area (Å²) in [5, 5.41) is 0. The van der Waals surface area contributed by atoms with Gasteiger partial charge in [-0.3, -0.25) is 0 Å². The highest BCUT2D eigenvalue weighted by atomic mass is 19.2. The van der Waals surface area contributed by atoms with Gasteiger partial charge in [0.15, 0.2) is 11.6 Å². The maximum Gasteiger partial charge on any atom is 0.166 e. The van der Waals surface area contributed by atoms with Gasteiger partial charge in [0.25, 0.3) is 0 Å². The number of hydrogen-bond acceptors (Lipinski definition) is 0. The fourth-order valence-corrected chi connectivity index (χ4v) is 4.59. The van der Waals surface area contributed by atoms with Crippen molar-refractivity contribution in [1.82, 2.24) is 0 Å². The minimum Gasteiger partial charge on any atom is -0.206 e. The molecule has 3 aromatic rings. The van der Waals surface area contributed by atoms with Crippen molar-refractivity contribution >= 4 is 5.57 Å². The highest BCUT2D eigenvalue weighted by molar-refractivity contribution is 5.74. The molecular weight excluding hydrogens is 429 g/mol. The normalized spacial score (nSPS) is 16.1. The van der Waals surface area contributed by atoms with E-state index in [2.05, 4.69) is 13.0 Å². The molecule has 0 aliphatic heterocycles. The summed E-state index contributed by atoms with van der Waals surface area (Å²) in [5.41, 5.74) is 4.54. The van der Waals surface area contributed by atoms with Crippen molar-refractivity contribution in [2.24, 2.45) is 5.92 Å². The molecule has 3 heteroatoms. The lowest BCUT2D eigenvalue weighted by molar-refractivity contribution is 0.500. The minimum atomic E-state index is -0.832. The van der Waals surface area contributed by atoms with Crippen LogP contribution >= 0.6 is 0 Å². The quantitative estimate of drug-likeness (QED) is 0.243. The molecule has 0 N–H and O–H groups in total. The van der Waals surface area contributed by atoms with Crippen LogP contribution in [0, 0.1) is 23.4 Å². The van der Waals surface area contributed by atoms with Crippen LogP contribution in [0.25, 0.3) is 27.8 Å². The third-order valence-corrected chi connectivity index (χ3v) is 6.73. The van der Waals surface area contributed by atoms with E-state index in [-0.39, 0.29) is 11.4 Å². The Morgan fingerprint density at radius 2 is 1.53 bits per heavy atom. The molecule has 176 valence electrons. The second-order valence-electron chi connectivity index (χ2n) is 9.24. The van der Waals surface area contributed by atoms with Crippen LogP contribution in [0.1, 0.15) is 57.1 Å². The standard InChI is InChI=1S/C31H31F3/c1-3-4-5-6-7-25-16-19-28(31(34)30(25)33)24-14-12-23(13-15-24)27-18-17-26(20-29(27)32)22-10-8-21(2)9-11-22/h3-4,10,12-21H,5-9,11H2,1-2H3/b4-3-. The number of aryl methyl sites for hydroxylation is 1. The molecule has 0 bridgehead atoms. The van der Waals surface area contributed by atoms with E-state index in [0.29, 0.717) is 34.6 Å². The molecule has 0 saturated heterocycles. The molecule has 0 heterocycles. The van der Waals surface area contributed by atoms with Gasteiger partial charge in [0, 0.05) is 11.1 Å². The van der Waals surface area contributed by atoms with E-state index >= 15 is 0 Å². The van der Waals surface area contributed by atoms with Crippen molar-refractivity contribution in [2.45, 2.75) is 52.4 Å². The first-order chi connectivity index (χ1) is 16.5. The van der Waals surface area contributed by atoms with Crippen LogP contribution in [0.5, 0.6) is 0 Å². The number of allylic oxidation sites excluding steroid dienone is 4. The van der Waals surface area contributed by atoms with Crippen molar-refractivity contribution in [3.8, 4) is 22.3 Å². The summed E-state index contributed by atoms with van der Waals surface area (Å²) >= 11 is 0. The highest BCUT2D eigenvalue weighted by Crippen LogP contribution is 2.34. The van der Waals surface area contributed by atoms with Crippen molar-refractivity contribution in [3.63, 3.8) is 0 Å². The van der Waals surface area contributed by atoms with E-state index in [1.165, 1.54) is 5.57 Å². The predicted octanol–water partition coefficient (Wildman–Crippen LogP) is 9.54. The fraction of sp³-hybridized carbons (Fsp3) is 0.290. The van der Waals surface area contributed by atoms with Crippen LogP contribution in [0.3, 0.4) is 0 Å². The van der Waals surface area contributed by atoms with Crippen molar-refractivity contribution in [1.29, 1.82) is 0 Å². The van der Waals surface area contributed by atoms with Crippen LogP contribution in [-0.4, -0.2) is 0 Å². The van der Waals surface area contributed by atoms with E-state index in [1.807, 2.05) is 25.1 Å². The first kappa shape index (κ1) is 24.1. The highest BCUT2D eigenvalue weighted by Gasteiger charge is 2.16. The molecule has 0 saturated carbocycles. The zero-order chi connectivity index (χ0) is 24.1. The third kappa shape index (κ3) is 5.35. The van der Waals surface area contributed by atoms with Gasteiger partial charge < -0.3 is 0 Å². The Hall–Kier alpha value is -3.07. The third-order valence-electron chi connectivity index (χ3n) is 6.73. The molecular formula is C31H31F3. The van der Waals surface area contributed by atoms with E-state index in [1.54, 1.807) is 48.5 Å². The summed E-state index contributed by atoms with van der Waals surface area (Å²) < 4.78 is 44.4. The Labute approximate surface area is 200 Å². The minimum absolute atomic E-state index is 0.218. The molecule has 0 fully saturated rings. The summed E-state index contributed by atoms with van der Waals surface area (Å²) in [7, 11) is 0. The van der Waals surface area contributed by atoms with Gasteiger partial charge in [-0.25, -0.2) is 13.2 Å². The van der Waals surface area contributed by atoms with Crippen LogP contribution < -0.4 is 0 Å². The van der Waals surface area contributed by atoms with E-state index in [4.69, 9.17) is 0 Å². The summed E-state index contributed by atoms with van der Waals surface area (Å²) in [4.78, 5) is 0. The van der Waals surface area contributed by atoms with Gasteiger partial charge in [0.05, 0.1) is 0 Å². The topological polar surface area (TPSA) is 0 Å². The molecule has 1 atom stereocenters. The average molecular weight is 461 g/mol. The van der Waals surface area contributed by atoms with Crippen LogP contribution in [0.15, 0.2) is 72.8 Å². The zero-order valence-corrected chi connectivity index (χ0v) is 19.9. The van der Waals surface area contributed by atoms with E-state index in [0.717, 1.165) is 37.7 Å². The molecule has 34 heavy (non-hydrogen) atoms. The zero-order valence-electron chi connectivity index (χ0n) is 19.9. The number of halogens is 3. The average Bonchev–Trinajstić information content (AvgIpc) is 2.85. The Morgan fingerprint density at radius 1 is 0.853 bits per heavy atom. The summed E-state index contributed by atoms with van der Waals surface area (Å²) in [6.07, 6.45) is 11.5. The molecule has 1 aliphatic rings. The van der Waals surface area contributed by atoms with Crippen LogP contribution in [0.4, 0.5) is 13.2 Å². The molecule has 0 radical (unpaired) electrons. The Morgan fingerprint density at radius 3 is 2.18 bits per heavy atom. The molecule has 0 amide bonds. The lowest BCUT2D eigenvalue weighted by Gasteiger charge is -2.19. The number of hydrogen-bond donors (Lipinski definition) is 0. The summed E-state index contributed by atoms with van der Waals surface area (Å²) in [5.74, 6) is -1.20. The Bertz CT molecular complexity index is 1200. The number of benzene rings is 3. The smallest absolute Gasteiger partial charge is 0.166 e. The van der Waals surface area contributed by atoms with Crippen LogP contribution in [-0.2, 0) is 6.42 Å². The van der Waals surface area contributed by atoms with E-state index < -0.39 is 11.6 Å². The first-order valence-electron chi connectivity index (χ1n) is 12.2. The molecule has 1 unspecified atom stereocenters. The molecule has 1 aliphatic carbocycles. The van der Waals surface area contributed by atoms with Crippen molar-refractivity contribution in [2.75, 3.05) is 0 Å². The maximum atomic E-state index is 15.0.